The van der Waals surface area contributed by atoms with Crippen molar-refractivity contribution in [2.24, 2.45) is 0 Å². The molecule has 0 saturated heterocycles. The fourth-order valence-electron chi connectivity index (χ4n) is 1.37. The number of anilines is 1. The van der Waals surface area contributed by atoms with E-state index in [1.54, 1.807) is 4.52 Å². The molecule has 0 aliphatic rings. The largest absolute Gasteiger partial charge is 0.350 e. The third kappa shape index (κ3) is 2.09. The Hall–Kier alpha value is -1.58. The molecule has 1 N–H and O–H groups in total. The highest BCUT2D eigenvalue weighted by Crippen LogP contribution is 2.08. The second-order valence-corrected chi connectivity index (χ2v) is 3.90. The summed E-state index contributed by atoms with van der Waals surface area (Å²) in [4.78, 5) is 4.40. The Bertz CT molecular complexity index is 461. The average Bonchev–Trinajstić information content (AvgIpc) is 2.59. The van der Waals surface area contributed by atoms with E-state index < -0.39 is 0 Å². The van der Waals surface area contributed by atoms with Gasteiger partial charge in [-0.05, 0) is 38.0 Å². The SMILES string of the molecule is CCC(C)Nc1nc2cc(C)ccn2n1. The van der Waals surface area contributed by atoms with Crippen molar-refractivity contribution in [1.29, 1.82) is 0 Å². The van der Waals surface area contributed by atoms with Crippen LogP contribution in [0.4, 0.5) is 5.95 Å². The lowest BCUT2D eigenvalue weighted by Gasteiger charge is -2.07. The zero-order valence-electron chi connectivity index (χ0n) is 9.36. The molecule has 0 fully saturated rings. The normalized spacial score (nSPS) is 13.0. The number of aryl methyl sites for hydroxylation is 1. The Morgan fingerprint density at radius 1 is 1.53 bits per heavy atom. The summed E-state index contributed by atoms with van der Waals surface area (Å²) in [5.74, 6) is 0.704. The van der Waals surface area contributed by atoms with Gasteiger partial charge in [-0.2, -0.15) is 4.98 Å². The number of aromatic nitrogens is 3. The maximum Gasteiger partial charge on any atom is 0.243 e. The predicted molar refractivity (Wildman–Crippen MR) is 61.1 cm³/mol. The minimum atomic E-state index is 0.406. The van der Waals surface area contributed by atoms with E-state index in [4.69, 9.17) is 0 Å². The molecule has 1 atom stereocenters. The van der Waals surface area contributed by atoms with Gasteiger partial charge in [0.15, 0.2) is 5.65 Å². The molecule has 0 saturated carbocycles. The van der Waals surface area contributed by atoms with Gasteiger partial charge in [0.05, 0.1) is 0 Å². The summed E-state index contributed by atoms with van der Waals surface area (Å²) < 4.78 is 1.79. The van der Waals surface area contributed by atoms with Gasteiger partial charge in [0, 0.05) is 12.2 Å². The molecule has 15 heavy (non-hydrogen) atoms. The number of pyridine rings is 1. The van der Waals surface area contributed by atoms with E-state index in [0.29, 0.717) is 12.0 Å². The Kier molecular flexibility index (Phi) is 2.58. The molecule has 0 spiro atoms. The summed E-state index contributed by atoms with van der Waals surface area (Å²) in [5, 5.41) is 7.59. The number of nitrogens with zero attached hydrogens (tertiary/aromatic N) is 3. The molecule has 0 aromatic carbocycles. The van der Waals surface area contributed by atoms with Gasteiger partial charge in [-0.3, -0.25) is 0 Å². The third-order valence-corrected chi connectivity index (χ3v) is 2.48. The van der Waals surface area contributed by atoms with Crippen molar-refractivity contribution >= 4 is 11.6 Å². The van der Waals surface area contributed by atoms with E-state index in [0.717, 1.165) is 12.1 Å². The van der Waals surface area contributed by atoms with Crippen LogP contribution < -0.4 is 5.32 Å². The first kappa shape index (κ1) is 9.96. The molecule has 1 unspecified atom stereocenters. The van der Waals surface area contributed by atoms with Crippen LogP contribution in [0.25, 0.3) is 5.65 Å². The van der Waals surface area contributed by atoms with E-state index in [1.165, 1.54) is 5.56 Å². The van der Waals surface area contributed by atoms with Crippen LogP contribution in [0.3, 0.4) is 0 Å². The smallest absolute Gasteiger partial charge is 0.243 e. The molecule has 0 amide bonds. The second kappa shape index (κ2) is 3.88. The van der Waals surface area contributed by atoms with Crippen molar-refractivity contribution in [3.8, 4) is 0 Å². The quantitative estimate of drug-likeness (QED) is 0.833. The fourth-order valence-corrected chi connectivity index (χ4v) is 1.37. The molecule has 0 aliphatic heterocycles. The summed E-state index contributed by atoms with van der Waals surface area (Å²) in [6.45, 7) is 6.31. The van der Waals surface area contributed by atoms with Gasteiger partial charge in [-0.1, -0.05) is 6.92 Å². The summed E-state index contributed by atoms with van der Waals surface area (Å²) in [5.41, 5.74) is 2.09. The van der Waals surface area contributed by atoms with Crippen molar-refractivity contribution in [1.82, 2.24) is 14.6 Å². The summed E-state index contributed by atoms with van der Waals surface area (Å²) >= 11 is 0. The fraction of sp³-hybridized carbons (Fsp3) is 0.455. The molecule has 4 heteroatoms. The number of fused-ring (bicyclic) bond motifs is 1. The number of nitrogens with one attached hydrogen (secondary N) is 1. The maximum atomic E-state index is 4.40. The molecule has 4 nitrogen and oxygen atoms in total. The van der Waals surface area contributed by atoms with Crippen LogP contribution >= 0.6 is 0 Å². The highest BCUT2D eigenvalue weighted by molar-refractivity contribution is 5.45. The van der Waals surface area contributed by atoms with Gasteiger partial charge in [0.1, 0.15) is 0 Å². The summed E-state index contributed by atoms with van der Waals surface area (Å²) in [6, 6.07) is 4.45. The van der Waals surface area contributed by atoms with E-state index in [-0.39, 0.29) is 0 Å². The van der Waals surface area contributed by atoms with Gasteiger partial charge in [0.2, 0.25) is 5.95 Å². The van der Waals surface area contributed by atoms with E-state index in [1.807, 2.05) is 18.3 Å². The van der Waals surface area contributed by atoms with Crippen LogP contribution in [-0.4, -0.2) is 20.6 Å². The highest BCUT2D eigenvalue weighted by atomic mass is 15.3. The lowest BCUT2D eigenvalue weighted by molar-refractivity contribution is 0.751. The molecule has 80 valence electrons. The first-order chi connectivity index (χ1) is 7.19. The first-order valence-corrected chi connectivity index (χ1v) is 5.28. The lowest BCUT2D eigenvalue weighted by Crippen LogP contribution is -2.14. The minimum absolute atomic E-state index is 0.406. The lowest BCUT2D eigenvalue weighted by atomic mass is 10.3. The number of hydrogen-bond donors (Lipinski definition) is 1. The first-order valence-electron chi connectivity index (χ1n) is 5.28. The summed E-state index contributed by atoms with van der Waals surface area (Å²) in [7, 11) is 0. The van der Waals surface area contributed by atoms with Crippen molar-refractivity contribution in [2.45, 2.75) is 33.2 Å². The van der Waals surface area contributed by atoms with Crippen molar-refractivity contribution < 1.29 is 0 Å². The zero-order chi connectivity index (χ0) is 10.8. The monoisotopic (exact) mass is 204 g/mol. The van der Waals surface area contributed by atoms with Gasteiger partial charge in [-0.15, -0.1) is 5.10 Å². The minimum Gasteiger partial charge on any atom is -0.350 e. The van der Waals surface area contributed by atoms with Gasteiger partial charge in [-0.25, -0.2) is 4.52 Å². The van der Waals surface area contributed by atoms with Gasteiger partial charge >= 0.3 is 0 Å². The van der Waals surface area contributed by atoms with Crippen molar-refractivity contribution in [3.63, 3.8) is 0 Å². The number of rotatable bonds is 3. The predicted octanol–water partition coefficient (Wildman–Crippen LogP) is 2.25. The molecule has 2 rings (SSSR count). The molecule has 2 aromatic heterocycles. The Morgan fingerprint density at radius 2 is 2.33 bits per heavy atom. The molecule has 2 aromatic rings. The molecule has 0 radical (unpaired) electrons. The average molecular weight is 204 g/mol. The van der Waals surface area contributed by atoms with Crippen LogP contribution in [0.1, 0.15) is 25.8 Å². The Morgan fingerprint density at radius 3 is 3.07 bits per heavy atom. The molecular weight excluding hydrogens is 188 g/mol. The van der Waals surface area contributed by atoms with Crippen LogP contribution in [-0.2, 0) is 0 Å². The van der Waals surface area contributed by atoms with Crippen LogP contribution in [0.15, 0.2) is 18.3 Å². The maximum absolute atomic E-state index is 4.40. The Labute approximate surface area is 89.3 Å². The van der Waals surface area contributed by atoms with E-state index >= 15 is 0 Å². The third-order valence-electron chi connectivity index (χ3n) is 2.48. The Balaban J connectivity index is 2.30. The van der Waals surface area contributed by atoms with E-state index in [2.05, 4.69) is 36.2 Å². The second-order valence-electron chi connectivity index (χ2n) is 3.90. The standard InChI is InChI=1S/C11H16N4/c1-4-9(3)12-11-13-10-7-8(2)5-6-15(10)14-11/h5-7,9H,4H2,1-3H3,(H,12,14). The van der Waals surface area contributed by atoms with Gasteiger partial charge in [0.25, 0.3) is 0 Å². The molecule has 0 aliphatic carbocycles. The highest BCUT2D eigenvalue weighted by Gasteiger charge is 2.05. The molecular formula is C11H16N4. The van der Waals surface area contributed by atoms with Gasteiger partial charge < -0.3 is 5.32 Å². The van der Waals surface area contributed by atoms with Crippen LogP contribution in [0.5, 0.6) is 0 Å². The van der Waals surface area contributed by atoms with Crippen molar-refractivity contribution in [2.75, 3.05) is 5.32 Å². The van der Waals surface area contributed by atoms with Crippen LogP contribution in [0.2, 0.25) is 0 Å². The van der Waals surface area contributed by atoms with E-state index in [9.17, 15) is 0 Å². The van der Waals surface area contributed by atoms with Crippen LogP contribution in [0, 0.1) is 6.92 Å². The zero-order valence-corrected chi connectivity index (χ0v) is 9.36. The molecule has 2 heterocycles. The van der Waals surface area contributed by atoms with Crippen molar-refractivity contribution in [3.05, 3.63) is 23.9 Å². The summed E-state index contributed by atoms with van der Waals surface area (Å²) in [6.07, 6.45) is 2.99. The number of hydrogen-bond acceptors (Lipinski definition) is 3. The topological polar surface area (TPSA) is 42.2 Å². The molecule has 0 bridgehead atoms.